The smallest absolute Gasteiger partial charge is 0.269 e. The summed E-state index contributed by atoms with van der Waals surface area (Å²) >= 11 is 0. The fourth-order valence-electron chi connectivity index (χ4n) is 1.87. The molecule has 0 bridgehead atoms. The number of benzene rings is 1. The first-order valence-electron chi connectivity index (χ1n) is 5.16. The summed E-state index contributed by atoms with van der Waals surface area (Å²) < 4.78 is 30.2. The predicted molar refractivity (Wildman–Crippen MR) is 61.5 cm³/mol. The van der Waals surface area contributed by atoms with E-state index in [2.05, 4.69) is 0 Å². The molecule has 1 aromatic rings. The number of ether oxygens (including phenoxy) is 1. The van der Waals surface area contributed by atoms with E-state index in [1.807, 2.05) is 0 Å². The minimum atomic E-state index is -3.72. The van der Waals surface area contributed by atoms with Gasteiger partial charge in [0.1, 0.15) is 10.6 Å². The van der Waals surface area contributed by atoms with Gasteiger partial charge in [0, 0.05) is 12.1 Å². The van der Waals surface area contributed by atoms with Crippen LogP contribution in [0.15, 0.2) is 23.1 Å². The number of hydrogen-bond acceptors (Lipinski definition) is 4. The fraction of sp³-hybridized carbons (Fsp3) is 0.364. The molecule has 1 aliphatic heterocycles. The van der Waals surface area contributed by atoms with Crippen molar-refractivity contribution in [2.24, 2.45) is 0 Å². The topological polar surface area (TPSA) is 63.7 Å². The van der Waals surface area contributed by atoms with Gasteiger partial charge in [-0.25, -0.2) is 12.7 Å². The molecule has 0 aliphatic carbocycles. The van der Waals surface area contributed by atoms with Gasteiger partial charge in [-0.1, -0.05) is 0 Å². The standard InChI is InChI=1S/C11H13NO4S/c1-7(2)12-11(13)9-5-4-8(16-3)6-10(9)17(12,14)15/h4-7H,1-3H3. The molecule has 0 aromatic heterocycles. The van der Waals surface area contributed by atoms with Crippen LogP contribution in [0.2, 0.25) is 0 Å². The van der Waals surface area contributed by atoms with Gasteiger partial charge in [0.05, 0.1) is 12.7 Å². The van der Waals surface area contributed by atoms with Gasteiger partial charge in [0.25, 0.3) is 15.9 Å². The average Bonchev–Trinajstić information content (AvgIpc) is 2.46. The first-order chi connectivity index (χ1) is 7.89. The summed E-state index contributed by atoms with van der Waals surface area (Å²) in [6.45, 7) is 3.33. The fourth-order valence-corrected chi connectivity index (χ4v) is 3.65. The molecule has 0 saturated carbocycles. The maximum absolute atomic E-state index is 12.2. The zero-order valence-electron chi connectivity index (χ0n) is 9.80. The number of fused-ring (bicyclic) bond motifs is 1. The maximum Gasteiger partial charge on any atom is 0.269 e. The van der Waals surface area contributed by atoms with Crippen LogP contribution in [-0.4, -0.2) is 31.8 Å². The number of rotatable bonds is 2. The van der Waals surface area contributed by atoms with Gasteiger partial charge in [0.15, 0.2) is 0 Å². The molecule has 0 spiro atoms. The molecule has 0 fully saturated rings. The van der Waals surface area contributed by atoms with Crippen LogP contribution in [0.3, 0.4) is 0 Å². The van der Waals surface area contributed by atoms with E-state index < -0.39 is 22.0 Å². The van der Waals surface area contributed by atoms with Crippen molar-refractivity contribution in [3.8, 4) is 5.75 Å². The lowest BCUT2D eigenvalue weighted by atomic mass is 10.2. The van der Waals surface area contributed by atoms with Crippen molar-refractivity contribution in [2.75, 3.05) is 7.11 Å². The minimum Gasteiger partial charge on any atom is -0.497 e. The zero-order chi connectivity index (χ0) is 12.8. The SMILES string of the molecule is COc1ccc2c(c1)S(=O)(=O)N(C(C)C)C2=O. The number of hydrogen-bond donors (Lipinski definition) is 0. The molecule has 0 atom stereocenters. The largest absolute Gasteiger partial charge is 0.497 e. The van der Waals surface area contributed by atoms with E-state index in [4.69, 9.17) is 4.74 Å². The van der Waals surface area contributed by atoms with Crippen LogP contribution in [0, 0.1) is 0 Å². The predicted octanol–water partition coefficient (Wildman–Crippen LogP) is 1.25. The van der Waals surface area contributed by atoms with Gasteiger partial charge in [-0.15, -0.1) is 0 Å². The van der Waals surface area contributed by atoms with Crippen molar-refractivity contribution in [2.45, 2.75) is 24.8 Å². The first-order valence-corrected chi connectivity index (χ1v) is 6.60. The lowest BCUT2D eigenvalue weighted by molar-refractivity contribution is 0.0846. The summed E-state index contributed by atoms with van der Waals surface area (Å²) in [5.74, 6) is -0.0524. The third kappa shape index (κ3) is 1.59. The summed E-state index contributed by atoms with van der Waals surface area (Å²) in [5, 5.41) is 0. The van der Waals surface area contributed by atoms with Crippen LogP contribution in [0.1, 0.15) is 24.2 Å². The third-order valence-corrected chi connectivity index (χ3v) is 4.62. The second-order valence-electron chi connectivity index (χ2n) is 4.06. The maximum atomic E-state index is 12.2. The summed E-state index contributed by atoms with van der Waals surface area (Å²) in [5.41, 5.74) is 0.208. The van der Waals surface area contributed by atoms with Crippen LogP contribution in [0.4, 0.5) is 0 Å². The Morgan fingerprint density at radius 3 is 2.47 bits per heavy atom. The molecule has 1 amide bonds. The Hall–Kier alpha value is -1.56. The van der Waals surface area contributed by atoms with Crippen LogP contribution in [0.25, 0.3) is 0 Å². The highest BCUT2D eigenvalue weighted by molar-refractivity contribution is 7.90. The van der Waals surface area contributed by atoms with Crippen molar-refractivity contribution >= 4 is 15.9 Å². The Labute approximate surface area is 100 Å². The summed E-state index contributed by atoms with van der Waals surface area (Å²) in [7, 11) is -2.27. The molecule has 1 aliphatic rings. The van der Waals surface area contributed by atoms with E-state index >= 15 is 0 Å². The Bertz CT molecular complexity index is 577. The van der Waals surface area contributed by atoms with Gasteiger partial charge in [-0.05, 0) is 26.0 Å². The van der Waals surface area contributed by atoms with Crippen LogP contribution in [-0.2, 0) is 10.0 Å². The van der Waals surface area contributed by atoms with Gasteiger partial charge < -0.3 is 4.74 Å². The summed E-state index contributed by atoms with van der Waals surface area (Å²) in [6, 6.07) is 4.04. The van der Waals surface area contributed by atoms with E-state index in [1.54, 1.807) is 19.9 Å². The number of sulfonamides is 1. The van der Waals surface area contributed by atoms with Crippen molar-refractivity contribution in [3.05, 3.63) is 23.8 Å². The van der Waals surface area contributed by atoms with E-state index in [9.17, 15) is 13.2 Å². The number of carbonyl (C=O) groups is 1. The van der Waals surface area contributed by atoms with Crippen molar-refractivity contribution < 1.29 is 17.9 Å². The zero-order valence-corrected chi connectivity index (χ0v) is 10.6. The van der Waals surface area contributed by atoms with Gasteiger partial charge in [-0.2, -0.15) is 0 Å². The Morgan fingerprint density at radius 1 is 1.29 bits per heavy atom. The average molecular weight is 255 g/mol. The van der Waals surface area contributed by atoms with Crippen LogP contribution in [0.5, 0.6) is 5.75 Å². The molecule has 0 unspecified atom stereocenters. The lowest BCUT2D eigenvalue weighted by Gasteiger charge is -2.18. The molecule has 1 aromatic carbocycles. The quantitative estimate of drug-likeness (QED) is 0.797. The molecule has 5 nitrogen and oxygen atoms in total. The highest BCUT2D eigenvalue weighted by atomic mass is 32.2. The summed E-state index contributed by atoms with van der Waals surface area (Å²) in [4.78, 5) is 12.0. The Balaban J connectivity index is 2.67. The Morgan fingerprint density at radius 2 is 1.94 bits per heavy atom. The third-order valence-electron chi connectivity index (χ3n) is 2.63. The molecule has 6 heteroatoms. The first kappa shape index (κ1) is 11.9. The lowest BCUT2D eigenvalue weighted by Crippen LogP contribution is -2.36. The number of nitrogens with zero attached hydrogens (tertiary/aromatic N) is 1. The van der Waals surface area contributed by atoms with Crippen LogP contribution < -0.4 is 4.74 Å². The second kappa shape index (κ2) is 3.73. The number of methoxy groups -OCH3 is 1. The Kier molecular flexibility index (Phi) is 2.61. The minimum absolute atomic E-state index is 0.0237. The molecule has 17 heavy (non-hydrogen) atoms. The van der Waals surface area contributed by atoms with E-state index in [0.717, 1.165) is 4.31 Å². The van der Waals surface area contributed by atoms with Crippen molar-refractivity contribution in [3.63, 3.8) is 0 Å². The number of amides is 1. The molecule has 0 saturated heterocycles. The molecular formula is C11H13NO4S. The highest BCUT2D eigenvalue weighted by Crippen LogP contribution is 2.34. The molecule has 2 rings (SSSR count). The number of carbonyl (C=O) groups excluding carboxylic acids is 1. The van der Waals surface area contributed by atoms with Crippen molar-refractivity contribution in [1.82, 2.24) is 4.31 Å². The molecule has 1 heterocycles. The van der Waals surface area contributed by atoms with Gasteiger partial charge in [-0.3, -0.25) is 4.79 Å². The molecular weight excluding hydrogens is 242 g/mol. The highest BCUT2D eigenvalue weighted by Gasteiger charge is 2.42. The molecule has 92 valence electrons. The second-order valence-corrected chi connectivity index (χ2v) is 5.85. The molecule has 0 radical (unpaired) electrons. The van der Waals surface area contributed by atoms with Crippen LogP contribution >= 0.6 is 0 Å². The summed E-state index contributed by atoms with van der Waals surface area (Å²) in [6.07, 6.45) is 0. The van der Waals surface area contributed by atoms with Gasteiger partial charge in [0.2, 0.25) is 0 Å². The van der Waals surface area contributed by atoms with Crippen molar-refractivity contribution in [1.29, 1.82) is 0 Å². The van der Waals surface area contributed by atoms with E-state index in [0.29, 0.717) is 5.75 Å². The van der Waals surface area contributed by atoms with Gasteiger partial charge >= 0.3 is 0 Å². The van der Waals surface area contributed by atoms with E-state index in [-0.39, 0.29) is 10.5 Å². The normalized spacial score (nSPS) is 17.4. The molecule has 0 N–H and O–H groups in total. The van der Waals surface area contributed by atoms with E-state index in [1.165, 1.54) is 19.2 Å². The monoisotopic (exact) mass is 255 g/mol.